The summed E-state index contributed by atoms with van der Waals surface area (Å²) in [5.74, 6) is 0.891. The molecule has 4 rings (SSSR count). The van der Waals surface area contributed by atoms with E-state index >= 15 is 0 Å². The molecule has 0 unspecified atom stereocenters. The van der Waals surface area contributed by atoms with Crippen LogP contribution >= 0.6 is 0 Å². The van der Waals surface area contributed by atoms with Crippen molar-refractivity contribution in [1.82, 2.24) is 19.7 Å². The van der Waals surface area contributed by atoms with Gasteiger partial charge < -0.3 is 15.4 Å². The Kier molecular flexibility index (Phi) is 4.29. The van der Waals surface area contributed by atoms with E-state index < -0.39 is 6.04 Å². The number of amides is 1. The van der Waals surface area contributed by atoms with Crippen molar-refractivity contribution in [3.8, 4) is 5.75 Å². The van der Waals surface area contributed by atoms with Crippen molar-refractivity contribution in [2.75, 3.05) is 17.7 Å². The molecule has 27 heavy (non-hydrogen) atoms. The van der Waals surface area contributed by atoms with Gasteiger partial charge in [-0.25, -0.2) is 4.68 Å². The fourth-order valence-corrected chi connectivity index (χ4v) is 3.13. The van der Waals surface area contributed by atoms with Gasteiger partial charge in [0.05, 0.1) is 24.1 Å². The molecule has 0 saturated heterocycles. The van der Waals surface area contributed by atoms with E-state index in [0.717, 1.165) is 0 Å². The summed E-state index contributed by atoms with van der Waals surface area (Å²) >= 11 is 0. The molecule has 3 aromatic rings. The maximum absolute atomic E-state index is 13.2. The second-order valence-corrected chi connectivity index (χ2v) is 6.00. The average Bonchev–Trinajstić information content (AvgIpc) is 3.15. The zero-order valence-corrected chi connectivity index (χ0v) is 14.9. The number of rotatable bonds is 4. The van der Waals surface area contributed by atoms with Gasteiger partial charge in [0.2, 0.25) is 5.95 Å². The molecule has 1 aromatic carbocycles. The number of fused-ring (bicyclic) bond motifs is 1. The van der Waals surface area contributed by atoms with Crippen LogP contribution in [0.5, 0.6) is 5.75 Å². The molecule has 0 saturated carbocycles. The van der Waals surface area contributed by atoms with Crippen molar-refractivity contribution >= 4 is 17.5 Å². The molecule has 136 valence electrons. The van der Waals surface area contributed by atoms with E-state index in [4.69, 9.17) is 4.74 Å². The SMILES string of the molecule is COc1ccccc1NC(=O)C1=C(C)Nc2ncnn2[C@H]1c1ccccn1. The number of pyridine rings is 1. The molecule has 1 aliphatic rings. The molecule has 0 radical (unpaired) electrons. The maximum atomic E-state index is 13.2. The number of carbonyl (C=O) groups is 1. The van der Waals surface area contributed by atoms with E-state index in [2.05, 4.69) is 25.7 Å². The molecule has 8 heteroatoms. The van der Waals surface area contributed by atoms with Crippen LogP contribution in [-0.4, -0.2) is 32.8 Å². The lowest BCUT2D eigenvalue weighted by atomic mass is 9.98. The van der Waals surface area contributed by atoms with Crippen LogP contribution in [0.4, 0.5) is 11.6 Å². The van der Waals surface area contributed by atoms with Crippen LogP contribution in [0.1, 0.15) is 18.7 Å². The summed E-state index contributed by atoms with van der Waals surface area (Å²) in [6, 6.07) is 12.4. The van der Waals surface area contributed by atoms with Crippen molar-refractivity contribution in [3.05, 3.63) is 72.0 Å². The first-order valence-corrected chi connectivity index (χ1v) is 8.41. The summed E-state index contributed by atoms with van der Waals surface area (Å²) in [5, 5.41) is 10.4. The number of para-hydroxylation sites is 2. The first kappa shape index (κ1) is 16.8. The highest BCUT2D eigenvalue weighted by Gasteiger charge is 2.34. The molecule has 0 spiro atoms. The third-order valence-corrected chi connectivity index (χ3v) is 4.36. The van der Waals surface area contributed by atoms with Crippen LogP contribution in [0, 0.1) is 0 Å². The Morgan fingerprint density at radius 3 is 2.78 bits per heavy atom. The zero-order chi connectivity index (χ0) is 18.8. The summed E-state index contributed by atoms with van der Waals surface area (Å²) in [6.07, 6.45) is 3.14. The molecule has 2 N–H and O–H groups in total. The average molecular weight is 362 g/mol. The topological polar surface area (TPSA) is 94.0 Å². The molecule has 2 aromatic heterocycles. The van der Waals surface area contributed by atoms with Gasteiger partial charge >= 0.3 is 0 Å². The Hall–Kier alpha value is -3.68. The minimum Gasteiger partial charge on any atom is -0.495 e. The Balaban J connectivity index is 1.76. The number of hydrogen-bond acceptors (Lipinski definition) is 6. The molecule has 8 nitrogen and oxygen atoms in total. The maximum Gasteiger partial charge on any atom is 0.256 e. The zero-order valence-electron chi connectivity index (χ0n) is 14.9. The monoisotopic (exact) mass is 362 g/mol. The Labute approximate surface area is 155 Å². The van der Waals surface area contributed by atoms with E-state index in [1.807, 2.05) is 37.3 Å². The van der Waals surface area contributed by atoms with Gasteiger partial charge in [0.25, 0.3) is 5.91 Å². The van der Waals surface area contributed by atoms with Gasteiger partial charge in [-0.15, -0.1) is 0 Å². The van der Waals surface area contributed by atoms with Crippen molar-refractivity contribution in [1.29, 1.82) is 0 Å². The molecule has 1 aliphatic heterocycles. The minimum atomic E-state index is -0.486. The predicted octanol–water partition coefficient (Wildman–Crippen LogP) is 2.61. The van der Waals surface area contributed by atoms with Gasteiger partial charge in [0, 0.05) is 11.9 Å². The third kappa shape index (κ3) is 3.01. The summed E-state index contributed by atoms with van der Waals surface area (Å²) in [6.45, 7) is 1.84. The Morgan fingerprint density at radius 1 is 1.19 bits per heavy atom. The number of methoxy groups -OCH3 is 1. The van der Waals surface area contributed by atoms with E-state index in [9.17, 15) is 4.79 Å². The van der Waals surface area contributed by atoms with Crippen molar-refractivity contribution in [2.24, 2.45) is 0 Å². The van der Waals surface area contributed by atoms with Gasteiger partial charge in [-0.2, -0.15) is 10.1 Å². The second-order valence-electron chi connectivity index (χ2n) is 6.00. The Morgan fingerprint density at radius 2 is 2.00 bits per heavy atom. The minimum absolute atomic E-state index is 0.263. The number of benzene rings is 1. The standard InChI is InChI=1S/C19H18N6O2/c1-12-16(18(26)24-13-7-3-4-9-15(13)27-2)17(14-8-5-6-10-20-14)25-19(23-12)21-11-22-25/h3-11,17H,1-2H3,(H,24,26)(H,21,22,23)/t17-/m0/s1. The highest BCUT2D eigenvalue weighted by atomic mass is 16.5. The number of nitrogens with one attached hydrogen (secondary N) is 2. The highest BCUT2D eigenvalue weighted by molar-refractivity contribution is 6.06. The highest BCUT2D eigenvalue weighted by Crippen LogP contribution is 2.34. The first-order chi connectivity index (χ1) is 13.2. The van der Waals surface area contributed by atoms with Crippen molar-refractivity contribution in [3.63, 3.8) is 0 Å². The molecule has 0 fully saturated rings. The van der Waals surface area contributed by atoms with Crippen LogP contribution in [0.25, 0.3) is 0 Å². The summed E-state index contributed by atoms with van der Waals surface area (Å²) in [4.78, 5) is 21.9. The van der Waals surface area contributed by atoms with E-state index in [1.165, 1.54) is 6.33 Å². The van der Waals surface area contributed by atoms with Crippen LogP contribution in [0.2, 0.25) is 0 Å². The van der Waals surface area contributed by atoms with Crippen LogP contribution in [0.3, 0.4) is 0 Å². The fraction of sp³-hybridized carbons (Fsp3) is 0.158. The van der Waals surface area contributed by atoms with Gasteiger partial charge in [0.1, 0.15) is 18.1 Å². The van der Waals surface area contributed by atoms with Crippen LogP contribution < -0.4 is 15.4 Å². The van der Waals surface area contributed by atoms with E-state index in [0.29, 0.717) is 34.3 Å². The third-order valence-electron chi connectivity index (χ3n) is 4.36. The lowest BCUT2D eigenvalue weighted by Gasteiger charge is -2.28. The molecule has 0 bridgehead atoms. The molecular weight excluding hydrogens is 344 g/mol. The lowest BCUT2D eigenvalue weighted by Crippen LogP contribution is -2.32. The summed E-state index contributed by atoms with van der Waals surface area (Å²) in [7, 11) is 1.57. The van der Waals surface area contributed by atoms with Crippen molar-refractivity contribution in [2.45, 2.75) is 13.0 Å². The van der Waals surface area contributed by atoms with Gasteiger partial charge in [0.15, 0.2) is 0 Å². The van der Waals surface area contributed by atoms with Gasteiger partial charge in [-0.05, 0) is 31.2 Å². The number of anilines is 2. The summed E-state index contributed by atoms with van der Waals surface area (Å²) in [5.41, 5.74) is 2.50. The first-order valence-electron chi connectivity index (χ1n) is 8.41. The normalized spacial score (nSPS) is 15.7. The van der Waals surface area contributed by atoms with Gasteiger partial charge in [-0.1, -0.05) is 18.2 Å². The smallest absolute Gasteiger partial charge is 0.256 e. The molecule has 1 atom stereocenters. The molecule has 1 amide bonds. The predicted molar refractivity (Wildman–Crippen MR) is 100 cm³/mol. The largest absolute Gasteiger partial charge is 0.495 e. The van der Waals surface area contributed by atoms with E-state index in [-0.39, 0.29) is 5.91 Å². The number of hydrogen-bond donors (Lipinski definition) is 2. The van der Waals surface area contributed by atoms with Crippen LogP contribution in [-0.2, 0) is 4.79 Å². The lowest BCUT2D eigenvalue weighted by molar-refractivity contribution is -0.113. The quantitative estimate of drug-likeness (QED) is 0.741. The molecule has 0 aliphatic carbocycles. The molecular formula is C19H18N6O2. The number of aromatic nitrogens is 4. The Bertz CT molecular complexity index is 1010. The number of allylic oxidation sites excluding steroid dienone is 1. The number of nitrogens with zero attached hydrogens (tertiary/aromatic N) is 4. The number of carbonyl (C=O) groups excluding carboxylic acids is 1. The molecule has 3 heterocycles. The van der Waals surface area contributed by atoms with Crippen LogP contribution in [0.15, 0.2) is 66.3 Å². The summed E-state index contributed by atoms with van der Waals surface area (Å²) < 4.78 is 6.99. The van der Waals surface area contributed by atoms with E-state index in [1.54, 1.807) is 30.1 Å². The van der Waals surface area contributed by atoms with Crippen molar-refractivity contribution < 1.29 is 9.53 Å². The number of ether oxygens (including phenoxy) is 1. The fourth-order valence-electron chi connectivity index (χ4n) is 3.13. The van der Waals surface area contributed by atoms with Gasteiger partial charge in [-0.3, -0.25) is 9.78 Å². The second kappa shape index (κ2) is 6.91.